The normalized spacial score (nSPS) is 12.7. The first-order valence-electron chi connectivity index (χ1n) is 5.80. The van der Waals surface area contributed by atoms with Crippen molar-refractivity contribution < 1.29 is 13.6 Å². The maximum atomic E-state index is 11.8. The summed E-state index contributed by atoms with van der Waals surface area (Å²) in [4.78, 5) is 0. The van der Waals surface area contributed by atoms with E-state index in [4.69, 9.17) is 10.9 Å². The second-order valence-electron chi connectivity index (χ2n) is 4.53. The minimum Gasteiger partial charge on any atom is -0.409 e. The number of hydrogen-bond acceptors (Lipinski definition) is 4. The molecule has 0 amide bonds. The Balaban J connectivity index is 2.89. The van der Waals surface area contributed by atoms with Crippen molar-refractivity contribution in [1.82, 2.24) is 4.72 Å². The van der Waals surface area contributed by atoms with E-state index in [1.54, 1.807) is 12.1 Å². The molecular weight excluding hydrogens is 348 g/mol. The smallest absolute Gasteiger partial charge is 0.299 e. The minimum absolute atomic E-state index is 0.0574. The fourth-order valence-corrected chi connectivity index (χ4v) is 2.97. The topological polar surface area (TPSA) is 117 Å². The number of amidine groups is 1. The number of nitrogens with zero attached hydrogens (tertiary/aromatic N) is 1. The van der Waals surface area contributed by atoms with E-state index in [0.717, 1.165) is 0 Å². The van der Waals surface area contributed by atoms with Crippen LogP contribution in [-0.2, 0) is 10.2 Å². The van der Waals surface area contributed by atoms with Crippen LogP contribution in [0.1, 0.15) is 19.4 Å². The van der Waals surface area contributed by atoms with Gasteiger partial charge in [0.1, 0.15) is 0 Å². The van der Waals surface area contributed by atoms with E-state index < -0.39 is 10.2 Å². The fraction of sp³-hybridized carbons (Fsp3) is 0.364. The van der Waals surface area contributed by atoms with E-state index in [1.807, 2.05) is 13.8 Å². The fourth-order valence-electron chi connectivity index (χ4n) is 1.27. The second-order valence-corrected chi connectivity index (χ2v) is 6.88. The monoisotopic (exact) mass is 364 g/mol. The van der Waals surface area contributed by atoms with Crippen LogP contribution >= 0.6 is 15.9 Å². The van der Waals surface area contributed by atoms with Gasteiger partial charge in [0.05, 0.1) is 5.69 Å². The van der Waals surface area contributed by atoms with Crippen molar-refractivity contribution in [3.63, 3.8) is 0 Å². The van der Waals surface area contributed by atoms with Gasteiger partial charge in [-0.15, -0.1) is 0 Å². The van der Waals surface area contributed by atoms with Crippen LogP contribution in [0.4, 0.5) is 5.69 Å². The second kappa shape index (κ2) is 6.91. The molecule has 0 fully saturated rings. The van der Waals surface area contributed by atoms with Gasteiger partial charge in [-0.1, -0.05) is 19.0 Å². The largest absolute Gasteiger partial charge is 0.409 e. The Hall–Kier alpha value is -1.32. The van der Waals surface area contributed by atoms with Gasteiger partial charge in [-0.05, 0) is 40.0 Å². The van der Waals surface area contributed by atoms with Crippen LogP contribution in [0.25, 0.3) is 0 Å². The van der Waals surface area contributed by atoms with Gasteiger partial charge < -0.3 is 10.9 Å². The minimum atomic E-state index is -3.63. The molecule has 0 spiro atoms. The lowest BCUT2D eigenvalue weighted by molar-refractivity contribution is 0.318. The molecule has 0 saturated heterocycles. The SMILES string of the molecule is CC(C)CNS(=O)(=O)Nc1ccc(/C(N)=N/O)cc1Br. The predicted molar refractivity (Wildman–Crippen MR) is 82.0 cm³/mol. The number of rotatable bonds is 6. The molecular formula is C11H17BrN4O3S. The van der Waals surface area contributed by atoms with Crippen LogP contribution in [-0.4, -0.2) is 26.0 Å². The molecule has 0 heterocycles. The van der Waals surface area contributed by atoms with Gasteiger partial charge in [-0.2, -0.15) is 13.1 Å². The summed E-state index contributed by atoms with van der Waals surface area (Å²) in [6.45, 7) is 4.16. The van der Waals surface area contributed by atoms with Crippen LogP contribution in [0.2, 0.25) is 0 Å². The molecule has 0 aromatic heterocycles. The standard InChI is InChI=1S/C11H17BrN4O3S/c1-7(2)6-14-20(18,19)16-10-4-3-8(5-9(10)12)11(13)15-17/h3-5,7,14,16-17H,6H2,1-2H3,(H2,13,15). The number of nitrogens with one attached hydrogen (secondary N) is 2. The van der Waals surface area contributed by atoms with E-state index >= 15 is 0 Å². The Bertz CT molecular complexity index is 602. The Labute approximate surface area is 126 Å². The number of hydrogen-bond donors (Lipinski definition) is 4. The lowest BCUT2D eigenvalue weighted by Gasteiger charge is -2.12. The van der Waals surface area contributed by atoms with Gasteiger partial charge in [-0.25, -0.2) is 0 Å². The maximum absolute atomic E-state index is 11.8. The molecule has 0 aliphatic carbocycles. The van der Waals surface area contributed by atoms with Gasteiger partial charge in [-0.3, -0.25) is 4.72 Å². The van der Waals surface area contributed by atoms with Crippen molar-refractivity contribution in [2.75, 3.05) is 11.3 Å². The highest BCUT2D eigenvalue weighted by atomic mass is 79.9. The van der Waals surface area contributed by atoms with Crippen molar-refractivity contribution in [1.29, 1.82) is 0 Å². The molecule has 0 radical (unpaired) electrons. The molecule has 112 valence electrons. The van der Waals surface area contributed by atoms with E-state index in [9.17, 15) is 8.42 Å². The Morgan fingerprint density at radius 1 is 1.50 bits per heavy atom. The molecule has 9 heteroatoms. The summed E-state index contributed by atoms with van der Waals surface area (Å²) >= 11 is 3.23. The number of anilines is 1. The number of benzene rings is 1. The van der Waals surface area contributed by atoms with Crippen LogP contribution in [0.3, 0.4) is 0 Å². The summed E-state index contributed by atoms with van der Waals surface area (Å²) < 4.78 is 28.9. The average molecular weight is 365 g/mol. The number of nitrogens with two attached hydrogens (primary N) is 1. The summed E-state index contributed by atoms with van der Waals surface area (Å²) in [5.74, 6) is 0.149. The highest BCUT2D eigenvalue weighted by molar-refractivity contribution is 9.10. The van der Waals surface area contributed by atoms with E-state index in [2.05, 4.69) is 30.5 Å². The molecule has 0 aliphatic rings. The molecule has 0 saturated carbocycles. The summed E-state index contributed by atoms with van der Waals surface area (Å²) in [5, 5.41) is 11.5. The maximum Gasteiger partial charge on any atom is 0.299 e. The number of halogens is 1. The third kappa shape index (κ3) is 4.99. The summed E-state index contributed by atoms with van der Waals surface area (Å²) in [7, 11) is -3.63. The molecule has 20 heavy (non-hydrogen) atoms. The molecule has 0 atom stereocenters. The van der Waals surface area contributed by atoms with Crippen molar-refractivity contribution >= 4 is 37.7 Å². The molecule has 1 aromatic rings. The third-order valence-electron chi connectivity index (χ3n) is 2.30. The van der Waals surface area contributed by atoms with Crippen molar-refractivity contribution in [3.05, 3.63) is 28.2 Å². The Morgan fingerprint density at radius 2 is 2.15 bits per heavy atom. The molecule has 7 nitrogen and oxygen atoms in total. The van der Waals surface area contributed by atoms with Gasteiger partial charge >= 0.3 is 0 Å². The lowest BCUT2D eigenvalue weighted by atomic mass is 10.2. The Morgan fingerprint density at radius 3 is 2.65 bits per heavy atom. The van der Waals surface area contributed by atoms with E-state index in [0.29, 0.717) is 22.3 Å². The van der Waals surface area contributed by atoms with Gasteiger partial charge in [0.25, 0.3) is 10.2 Å². The molecule has 0 aliphatic heterocycles. The first-order chi connectivity index (χ1) is 9.25. The van der Waals surface area contributed by atoms with Gasteiger partial charge in [0.2, 0.25) is 0 Å². The zero-order valence-corrected chi connectivity index (χ0v) is 13.5. The predicted octanol–water partition coefficient (Wildman–Crippen LogP) is 1.45. The quantitative estimate of drug-likeness (QED) is 0.264. The Kier molecular flexibility index (Phi) is 5.78. The van der Waals surface area contributed by atoms with Gasteiger partial charge in [0.15, 0.2) is 5.84 Å². The highest BCUT2D eigenvalue weighted by Gasteiger charge is 2.13. The molecule has 5 N–H and O–H groups in total. The summed E-state index contributed by atoms with van der Waals surface area (Å²) in [5.41, 5.74) is 6.28. The third-order valence-corrected chi connectivity index (χ3v) is 3.99. The van der Waals surface area contributed by atoms with Crippen LogP contribution < -0.4 is 15.2 Å². The molecule has 1 rings (SSSR count). The van der Waals surface area contributed by atoms with Crippen molar-refractivity contribution in [2.45, 2.75) is 13.8 Å². The first kappa shape index (κ1) is 16.7. The van der Waals surface area contributed by atoms with Crippen LogP contribution in [0, 0.1) is 5.92 Å². The van der Waals surface area contributed by atoms with Crippen molar-refractivity contribution in [3.8, 4) is 0 Å². The van der Waals surface area contributed by atoms with E-state index in [1.165, 1.54) is 6.07 Å². The molecule has 1 aromatic carbocycles. The zero-order valence-electron chi connectivity index (χ0n) is 11.1. The first-order valence-corrected chi connectivity index (χ1v) is 8.07. The average Bonchev–Trinajstić information content (AvgIpc) is 2.38. The lowest BCUT2D eigenvalue weighted by Crippen LogP contribution is -2.33. The van der Waals surface area contributed by atoms with Crippen LogP contribution in [0.5, 0.6) is 0 Å². The van der Waals surface area contributed by atoms with E-state index in [-0.39, 0.29) is 11.8 Å². The zero-order chi connectivity index (χ0) is 15.3. The molecule has 0 unspecified atom stereocenters. The number of oxime groups is 1. The van der Waals surface area contributed by atoms with Gasteiger partial charge in [0, 0.05) is 16.6 Å². The van der Waals surface area contributed by atoms with Crippen molar-refractivity contribution in [2.24, 2.45) is 16.8 Å². The molecule has 0 bridgehead atoms. The summed E-state index contributed by atoms with van der Waals surface area (Å²) in [6, 6.07) is 4.61. The summed E-state index contributed by atoms with van der Waals surface area (Å²) in [6.07, 6.45) is 0. The van der Waals surface area contributed by atoms with Crippen LogP contribution in [0.15, 0.2) is 27.8 Å². The highest BCUT2D eigenvalue weighted by Crippen LogP contribution is 2.24.